The zero-order valence-electron chi connectivity index (χ0n) is 15.5. The van der Waals surface area contributed by atoms with Crippen molar-refractivity contribution in [2.24, 2.45) is 0 Å². The average molecular weight is 414 g/mol. The van der Waals surface area contributed by atoms with Crippen LogP contribution in [0.5, 0.6) is 0 Å². The third kappa shape index (κ3) is 6.35. The van der Waals surface area contributed by atoms with Crippen LogP contribution in [0.4, 0.5) is 4.79 Å². The number of aromatic nitrogens is 1. The number of aryl methyl sites for hydroxylation is 1. The summed E-state index contributed by atoms with van der Waals surface area (Å²) in [5.41, 5.74) is 0.830. The van der Waals surface area contributed by atoms with E-state index in [0.29, 0.717) is 0 Å². The number of hydrogen-bond donors (Lipinski definition) is 0. The maximum absolute atomic E-state index is 12.5. The van der Waals surface area contributed by atoms with Crippen LogP contribution in [0.15, 0.2) is 12.3 Å². The quantitative estimate of drug-likeness (QED) is 0.488. The second-order valence-electron chi connectivity index (χ2n) is 8.14. The van der Waals surface area contributed by atoms with E-state index >= 15 is 0 Å². The van der Waals surface area contributed by atoms with Crippen molar-refractivity contribution in [1.82, 2.24) is 4.57 Å². The Morgan fingerprint density at radius 3 is 2.32 bits per heavy atom. The van der Waals surface area contributed by atoms with E-state index in [0.717, 1.165) is 6.42 Å². The average Bonchev–Trinajstić information content (AvgIpc) is 2.77. The molecule has 1 rings (SSSR count). The van der Waals surface area contributed by atoms with E-state index in [4.69, 9.17) is 4.74 Å². The van der Waals surface area contributed by atoms with Crippen molar-refractivity contribution in [3.63, 3.8) is 0 Å². The Hall–Kier alpha value is -0.451. The molecule has 0 saturated heterocycles. The first kappa shape index (κ1) is 19.6. The molecule has 22 heavy (non-hydrogen) atoms. The minimum absolute atomic E-state index is 0.228. The molecule has 0 saturated carbocycles. The second-order valence-corrected chi connectivity index (χ2v) is 22.5. The van der Waals surface area contributed by atoms with Gasteiger partial charge >= 0.3 is 140 Å². The molecule has 0 aromatic carbocycles. The van der Waals surface area contributed by atoms with E-state index < -0.39 is 24.0 Å². The predicted molar refractivity (Wildman–Crippen MR) is 96.9 cm³/mol. The molecule has 0 aliphatic heterocycles. The van der Waals surface area contributed by atoms with Crippen molar-refractivity contribution in [3.05, 3.63) is 17.8 Å². The molecule has 0 aliphatic rings. The molecule has 0 aliphatic carbocycles. The number of unbranched alkanes of at least 4 members (excludes halogenated alkanes) is 3. The Morgan fingerprint density at radius 2 is 1.82 bits per heavy atom. The van der Waals surface area contributed by atoms with Crippen molar-refractivity contribution < 1.29 is 9.53 Å². The molecule has 1 aromatic rings. The molecular formula is C18H33NO2Sn. The van der Waals surface area contributed by atoms with Crippen molar-refractivity contribution >= 4 is 28.2 Å². The van der Waals surface area contributed by atoms with E-state index in [9.17, 15) is 4.79 Å². The summed E-state index contributed by atoms with van der Waals surface area (Å²) < 4.78 is 8.59. The van der Waals surface area contributed by atoms with Crippen LogP contribution in [-0.2, 0) is 11.2 Å². The molecule has 0 spiro atoms. The van der Waals surface area contributed by atoms with Gasteiger partial charge in [0.2, 0.25) is 0 Å². The Labute approximate surface area is 140 Å². The number of hydrogen-bond acceptors (Lipinski definition) is 2. The summed E-state index contributed by atoms with van der Waals surface area (Å²) in [4.78, 5) is 19.5. The Bertz CT molecular complexity index is 492. The minimum atomic E-state index is -2.36. The van der Waals surface area contributed by atoms with Gasteiger partial charge in [0.05, 0.1) is 0 Å². The van der Waals surface area contributed by atoms with Crippen molar-refractivity contribution in [2.75, 3.05) is 0 Å². The first-order chi connectivity index (χ1) is 10.0. The molecule has 0 radical (unpaired) electrons. The summed E-state index contributed by atoms with van der Waals surface area (Å²) in [5, 5.41) is 0. The van der Waals surface area contributed by atoms with Gasteiger partial charge in [0, 0.05) is 0 Å². The summed E-state index contributed by atoms with van der Waals surface area (Å²) in [6, 6.07) is 2.26. The zero-order valence-corrected chi connectivity index (χ0v) is 18.3. The fourth-order valence-electron chi connectivity index (χ4n) is 2.45. The molecule has 4 heteroatoms. The number of rotatable bonds is 6. The summed E-state index contributed by atoms with van der Waals surface area (Å²) >= 11 is -2.36. The zero-order chi connectivity index (χ0) is 17.0. The van der Waals surface area contributed by atoms with Gasteiger partial charge < -0.3 is 0 Å². The third-order valence-electron chi connectivity index (χ3n) is 3.55. The summed E-state index contributed by atoms with van der Waals surface area (Å²) in [6.07, 6.45) is 7.85. The molecule has 0 fully saturated rings. The van der Waals surface area contributed by atoms with E-state index in [1.54, 1.807) is 4.57 Å². The summed E-state index contributed by atoms with van der Waals surface area (Å²) in [7, 11) is 0. The standard InChI is InChI=1S/C15H24NO2.3CH3.Sn/c1-5-6-7-8-9-13-10-11-16(12-13)14(17)18-15(2,3)4;;;;/h10,12H,5-9H2,1-4H3;3*1H3;. The van der Waals surface area contributed by atoms with Gasteiger partial charge in [-0.15, -0.1) is 0 Å². The molecule has 0 unspecified atom stereocenters. The van der Waals surface area contributed by atoms with Gasteiger partial charge in [0.15, 0.2) is 0 Å². The van der Waals surface area contributed by atoms with E-state index in [-0.39, 0.29) is 6.09 Å². The van der Waals surface area contributed by atoms with Crippen LogP contribution in [0.2, 0.25) is 14.8 Å². The molecule has 1 aromatic heterocycles. The Morgan fingerprint density at radius 1 is 1.18 bits per heavy atom. The van der Waals surface area contributed by atoms with Gasteiger partial charge in [-0.25, -0.2) is 0 Å². The van der Waals surface area contributed by atoms with Gasteiger partial charge in [0.1, 0.15) is 0 Å². The first-order valence-electron chi connectivity index (χ1n) is 8.49. The molecule has 3 nitrogen and oxygen atoms in total. The molecule has 0 N–H and O–H groups in total. The maximum atomic E-state index is 12.5. The molecule has 1 heterocycles. The van der Waals surface area contributed by atoms with Crippen LogP contribution < -0.4 is 3.71 Å². The topological polar surface area (TPSA) is 31.2 Å². The van der Waals surface area contributed by atoms with Crippen LogP contribution in [0.3, 0.4) is 0 Å². The Kier molecular flexibility index (Phi) is 7.03. The SMILES string of the molecule is CCCCCCc1c[c]([Sn]([CH3])([CH3])[CH3])n(C(=O)OC(C)(C)C)c1. The predicted octanol–water partition coefficient (Wildman–Crippen LogP) is 4.94. The molecule has 0 atom stereocenters. The summed E-state index contributed by atoms with van der Waals surface area (Å²) in [5.74, 6) is 0. The van der Waals surface area contributed by atoms with E-state index in [1.165, 1.54) is 35.0 Å². The van der Waals surface area contributed by atoms with Gasteiger partial charge in [-0.05, 0) is 0 Å². The van der Waals surface area contributed by atoms with Gasteiger partial charge in [0.25, 0.3) is 0 Å². The van der Waals surface area contributed by atoms with E-state index in [1.807, 2.05) is 27.0 Å². The van der Waals surface area contributed by atoms with Crippen LogP contribution in [-0.4, -0.2) is 34.6 Å². The normalized spacial score (nSPS) is 12.5. The third-order valence-corrected chi connectivity index (χ3v) is 9.04. The van der Waals surface area contributed by atoms with Crippen LogP contribution >= 0.6 is 0 Å². The van der Waals surface area contributed by atoms with Crippen molar-refractivity contribution in [3.8, 4) is 0 Å². The fraction of sp³-hybridized carbons (Fsp3) is 0.722. The molecule has 0 bridgehead atoms. The number of carbonyl (C=O) groups excluding carboxylic acids is 1. The first-order valence-corrected chi connectivity index (χ1v) is 18.5. The van der Waals surface area contributed by atoms with Gasteiger partial charge in [-0.2, -0.15) is 0 Å². The molecule has 0 amide bonds. The number of ether oxygens (including phenoxy) is 1. The monoisotopic (exact) mass is 415 g/mol. The number of nitrogens with zero attached hydrogens (tertiary/aromatic N) is 1. The summed E-state index contributed by atoms with van der Waals surface area (Å²) in [6.45, 7) is 7.98. The van der Waals surface area contributed by atoms with Crippen LogP contribution in [0.1, 0.15) is 58.9 Å². The van der Waals surface area contributed by atoms with E-state index in [2.05, 4.69) is 27.8 Å². The molecular weight excluding hydrogens is 381 g/mol. The number of carbonyl (C=O) groups is 1. The van der Waals surface area contributed by atoms with Gasteiger partial charge in [-0.3, -0.25) is 0 Å². The Balaban J connectivity index is 2.94. The van der Waals surface area contributed by atoms with Crippen LogP contribution in [0.25, 0.3) is 0 Å². The molecule has 126 valence electrons. The van der Waals surface area contributed by atoms with Crippen molar-refractivity contribution in [2.45, 2.75) is 80.2 Å². The van der Waals surface area contributed by atoms with Crippen LogP contribution in [0, 0.1) is 0 Å². The van der Waals surface area contributed by atoms with Gasteiger partial charge in [-0.1, -0.05) is 0 Å². The second kappa shape index (κ2) is 7.89. The fourth-order valence-corrected chi connectivity index (χ4v) is 6.72. The van der Waals surface area contributed by atoms with Crippen molar-refractivity contribution in [1.29, 1.82) is 0 Å².